The molecule has 0 spiro atoms. The van der Waals surface area contributed by atoms with Crippen LogP contribution in [0.15, 0.2) is 0 Å². The zero-order valence-electron chi connectivity index (χ0n) is 10.4. The molecule has 3 nitrogen and oxygen atoms in total. The molecule has 0 radical (unpaired) electrons. The molecule has 94 valence electrons. The second kappa shape index (κ2) is 7.13. The van der Waals surface area contributed by atoms with Crippen LogP contribution in [0.3, 0.4) is 0 Å². The maximum atomic E-state index is 11.8. The number of halogens is 1. The van der Waals surface area contributed by atoms with Crippen molar-refractivity contribution in [2.24, 2.45) is 0 Å². The Morgan fingerprint density at radius 1 is 1.19 bits per heavy atom. The SMILES string of the molecule is CC(C)N1CCN(C(=O)CCCCCl)CC1. The molecule has 0 aromatic heterocycles. The molecule has 0 unspecified atom stereocenters. The van der Waals surface area contributed by atoms with Gasteiger partial charge < -0.3 is 4.90 Å². The molecule has 1 aliphatic rings. The molecule has 0 saturated carbocycles. The zero-order chi connectivity index (χ0) is 12.0. The first-order valence-corrected chi connectivity index (χ1v) is 6.76. The van der Waals surface area contributed by atoms with Crippen LogP contribution in [0, 0.1) is 0 Å². The maximum absolute atomic E-state index is 11.8. The van der Waals surface area contributed by atoms with Gasteiger partial charge in [0.1, 0.15) is 0 Å². The molecule has 16 heavy (non-hydrogen) atoms. The Balaban J connectivity index is 2.22. The standard InChI is InChI=1S/C12H23ClN2O/c1-11(2)14-7-9-15(10-8-14)12(16)5-3-4-6-13/h11H,3-10H2,1-2H3. The molecule has 1 amide bonds. The molecule has 0 aromatic carbocycles. The molecule has 1 fully saturated rings. The number of amides is 1. The van der Waals surface area contributed by atoms with Crippen molar-refractivity contribution in [3.63, 3.8) is 0 Å². The lowest BCUT2D eigenvalue weighted by molar-refractivity contribution is -0.133. The van der Waals surface area contributed by atoms with Gasteiger partial charge in [-0.1, -0.05) is 0 Å². The minimum atomic E-state index is 0.300. The highest BCUT2D eigenvalue weighted by atomic mass is 35.5. The second-order valence-corrected chi connectivity index (χ2v) is 5.03. The Labute approximate surface area is 104 Å². The number of carbonyl (C=O) groups is 1. The van der Waals surface area contributed by atoms with E-state index in [0.29, 0.717) is 24.2 Å². The molecule has 1 aliphatic heterocycles. The fraction of sp³-hybridized carbons (Fsp3) is 0.917. The summed E-state index contributed by atoms with van der Waals surface area (Å²) in [6.07, 6.45) is 2.53. The Kier molecular flexibility index (Phi) is 6.14. The van der Waals surface area contributed by atoms with Crippen molar-refractivity contribution in [2.45, 2.75) is 39.2 Å². The summed E-state index contributed by atoms with van der Waals surface area (Å²) in [5.41, 5.74) is 0. The van der Waals surface area contributed by atoms with Gasteiger partial charge >= 0.3 is 0 Å². The monoisotopic (exact) mass is 246 g/mol. The van der Waals surface area contributed by atoms with Gasteiger partial charge in [-0.3, -0.25) is 9.69 Å². The quantitative estimate of drug-likeness (QED) is 0.547. The number of carbonyl (C=O) groups excluding carboxylic acids is 1. The summed E-state index contributed by atoms with van der Waals surface area (Å²) in [5, 5.41) is 0. The van der Waals surface area contributed by atoms with Crippen LogP contribution in [-0.4, -0.2) is 53.8 Å². The third-order valence-corrected chi connectivity index (χ3v) is 3.44. The summed E-state index contributed by atoms with van der Waals surface area (Å²) < 4.78 is 0. The van der Waals surface area contributed by atoms with Gasteiger partial charge in [0.2, 0.25) is 5.91 Å². The minimum absolute atomic E-state index is 0.300. The maximum Gasteiger partial charge on any atom is 0.222 e. The molecular weight excluding hydrogens is 224 g/mol. The van der Waals surface area contributed by atoms with Crippen LogP contribution in [0.5, 0.6) is 0 Å². The van der Waals surface area contributed by atoms with Crippen LogP contribution in [-0.2, 0) is 4.79 Å². The summed E-state index contributed by atoms with van der Waals surface area (Å²) in [4.78, 5) is 16.2. The number of hydrogen-bond acceptors (Lipinski definition) is 2. The van der Waals surface area contributed by atoms with E-state index in [9.17, 15) is 4.79 Å². The Morgan fingerprint density at radius 3 is 2.31 bits per heavy atom. The van der Waals surface area contributed by atoms with Gasteiger partial charge in [0, 0.05) is 44.5 Å². The normalized spacial score (nSPS) is 18.1. The van der Waals surface area contributed by atoms with E-state index in [1.165, 1.54) is 0 Å². The van der Waals surface area contributed by atoms with Gasteiger partial charge in [-0.25, -0.2) is 0 Å². The number of nitrogens with zero attached hydrogens (tertiary/aromatic N) is 2. The lowest BCUT2D eigenvalue weighted by Crippen LogP contribution is -2.50. The first-order chi connectivity index (χ1) is 7.65. The van der Waals surface area contributed by atoms with Crippen LogP contribution in [0.4, 0.5) is 0 Å². The molecular formula is C12H23ClN2O. The van der Waals surface area contributed by atoms with Gasteiger partial charge in [-0.2, -0.15) is 0 Å². The molecule has 0 atom stereocenters. The lowest BCUT2D eigenvalue weighted by atomic mass is 10.2. The van der Waals surface area contributed by atoms with Gasteiger partial charge in [-0.05, 0) is 26.7 Å². The molecule has 0 aliphatic carbocycles. The second-order valence-electron chi connectivity index (χ2n) is 4.66. The van der Waals surface area contributed by atoms with E-state index >= 15 is 0 Å². The smallest absolute Gasteiger partial charge is 0.222 e. The molecule has 1 saturated heterocycles. The zero-order valence-corrected chi connectivity index (χ0v) is 11.2. The van der Waals surface area contributed by atoms with E-state index in [2.05, 4.69) is 18.7 Å². The molecule has 0 N–H and O–H groups in total. The van der Waals surface area contributed by atoms with Crippen molar-refractivity contribution in [1.29, 1.82) is 0 Å². The van der Waals surface area contributed by atoms with Crippen LogP contribution in [0.1, 0.15) is 33.1 Å². The fourth-order valence-electron chi connectivity index (χ4n) is 2.02. The number of hydrogen-bond donors (Lipinski definition) is 0. The first-order valence-electron chi connectivity index (χ1n) is 6.23. The van der Waals surface area contributed by atoms with Gasteiger partial charge in [0.15, 0.2) is 0 Å². The Bertz CT molecular complexity index is 213. The summed E-state index contributed by atoms with van der Waals surface area (Å²) in [6, 6.07) is 0.591. The van der Waals surface area contributed by atoms with Crippen molar-refractivity contribution in [2.75, 3.05) is 32.1 Å². The summed E-state index contributed by atoms with van der Waals surface area (Å²) in [7, 11) is 0. The van der Waals surface area contributed by atoms with Crippen molar-refractivity contribution in [3.05, 3.63) is 0 Å². The van der Waals surface area contributed by atoms with Gasteiger partial charge in [-0.15, -0.1) is 11.6 Å². The Morgan fingerprint density at radius 2 is 1.81 bits per heavy atom. The third-order valence-electron chi connectivity index (χ3n) is 3.17. The van der Waals surface area contributed by atoms with Crippen LogP contribution < -0.4 is 0 Å². The van der Waals surface area contributed by atoms with E-state index in [4.69, 9.17) is 11.6 Å². The van der Waals surface area contributed by atoms with Crippen molar-refractivity contribution < 1.29 is 4.79 Å². The average molecular weight is 247 g/mol. The van der Waals surface area contributed by atoms with E-state index in [1.807, 2.05) is 4.90 Å². The highest BCUT2D eigenvalue weighted by Crippen LogP contribution is 2.08. The summed E-state index contributed by atoms with van der Waals surface area (Å²) in [5.74, 6) is 0.961. The molecule has 1 rings (SSSR count). The largest absolute Gasteiger partial charge is 0.340 e. The van der Waals surface area contributed by atoms with E-state index in [-0.39, 0.29) is 0 Å². The van der Waals surface area contributed by atoms with Gasteiger partial charge in [0.05, 0.1) is 0 Å². The Hall–Kier alpha value is -0.280. The van der Waals surface area contributed by atoms with Gasteiger partial charge in [0.25, 0.3) is 0 Å². The average Bonchev–Trinajstić information content (AvgIpc) is 2.29. The molecule has 0 aromatic rings. The van der Waals surface area contributed by atoms with E-state index in [0.717, 1.165) is 39.0 Å². The lowest BCUT2D eigenvalue weighted by Gasteiger charge is -2.37. The number of rotatable bonds is 5. The predicted octanol–water partition coefficient (Wildman–Crippen LogP) is 1.95. The number of unbranched alkanes of at least 4 members (excludes halogenated alkanes) is 1. The molecule has 4 heteroatoms. The predicted molar refractivity (Wildman–Crippen MR) is 67.9 cm³/mol. The minimum Gasteiger partial charge on any atom is -0.340 e. The molecule has 1 heterocycles. The number of piperazine rings is 1. The summed E-state index contributed by atoms with van der Waals surface area (Å²) in [6.45, 7) is 8.21. The van der Waals surface area contributed by atoms with Crippen LogP contribution >= 0.6 is 11.6 Å². The van der Waals surface area contributed by atoms with E-state index < -0.39 is 0 Å². The van der Waals surface area contributed by atoms with Crippen LogP contribution in [0.2, 0.25) is 0 Å². The van der Waals surface area contributed by atoms with Crippen molar-refractivity contribution in [1.82, 2.24) is 9.80 Å². The summed E-state index contributed by atoms with van der Waals surface area (Å²) >= 11 is 5.59. The third kappa shape index (κ3) is 4.30. The van der Waals surface area contributed by atoms with Crippen molar-refractivity contribution in [3.8, 4) is 0 Å². The van der Waals surface area contributed by atoms with E-state index in [1.54, 1.807) is 0 Å². The van der Waals surface area contributed by atoms with Crippen LogP contribution in [0.25, 0.3) is 0 Å². The highest BCUT2D eigenvalue weighted by Gasteiger charge is 2.21. The topological polar surface area (TPSA) is 23.6 Å². The molecule has 0 bridgehead atoms. The highest BCUT2D eigenvalue weighted by molar-refractivity contribution is 6.17. The first kappa shape index (κ1) is 13.8. The fourth-order valence-corrected chi connectivity index (χ4v) is 2.21. The number of alkyl halides is 1. The van der Waals surface area contributed by atoms with Crippen molar-refractivity contribution >= 4 is 17.5 Å².